The highest BCUT2D eigenvalue weighted by Gasteiger charge is 1.96. The first-order valence-corrected chi connectivity index (χ1v) is 3.22. The van der Waals surface area contributed by atoms with Gasteiger partial charge in [0.2, 0.25) is 0 Å². The first kappa shape index (κ1) is 12.8. The molecule has 0 aromatic heterocycles. The summed E-state index contributed by atoms with van der Waals surface area (Å²) >= 11 is 0. The van der Waals surface area contributed by atoms with Crippen molar-refractivity contribution < 1.29 is 20.1 Å². The molecule has 0 atom stereocenters. The van der Waals surface area contributed by atoms with E-state index in [-0.39, 0.29) is 18.8 Å². The predicted octanol–water partition coefficient (Wildman–Crippen LogP) is 0.00820. The van der Waals surface area contributed by atoms with Gasteiger partial charge in [-0.15, -0.1) is 0 Å². The number of aliphatic hydroxyl groups excluding tert-OH is 2. The van der Waals surface area contributed by atoms with Crippen LogP contribution in [0.1, 0.15) is 13.3 Å². The summed E-state index contributed by atoms with van der Waals surface area (Å²) in [5, 5.41) is 23.3. The number of aliphatic carboxylic acids is 1. The van der Waals surface area contributed by atoms with Gasteiger partial charge in [0.15, 0.2) is 0 Å². The van der Waals surface area contributed by atoms with Crippen LogP contribution in [-0.2, 0) is 4.79 Å². The van der Waals surface area contributed by atoms with Crippen LogP contribution < -0.4 is 0 Å². The number of hydrogen-bond donors (Lipinski definition) is 3. The fourth-order valence-corrected chi connectivity index (χ4v) is 0.151. The maximum Gasteiger partial charge on any atom is 0.330 e. The smallest absolute Gasteiger partial charge is 0.330 e. The third-order valence-electron chi connectivity index (χ3n) is 0.829. The van der Waals surface area contributed by atoms with Gasteiger partial charge in [0.25, 0.3) is 0 Å². The molecule has 0 bridgehead atoms. The van der Waals surface area contributed by atoms with Gasteiger partial charge < -0.3 is 15.3 Å². The van der Waals surface area contributed by atoms with Gasteiger partial charge in [-0.1, -0.05) is 13.5 Å². The molecule has 0 saturated carbocycles. The average Bonchev–Trinajstić information content (AvgIpc) is 2.03. The highest BCUT2D eigenvalue weighted by molar-refractivity contribution is 5.85. The number of carbonyl (C=O) groups is 1. The quantitative estimate of drug-likeness (QED) is 0.511. The molecule has 0 fully saturated rings. The molecule has 0 unspecified atom stereocenters. The van der Waals surface area contributed by atoms with E-state index in [1.807, 2.05) is 0 Å². The fraction of sp³-hybridized carbons (Fsp3) is 0.571. The van der Waals surface area contributed by atoms with Crippen LogP contribution in [-0.4, -0.2) is 34.5 Å². The minimum atomic E-state index is -0.900. The Kier molecular flexibility index (Phi) is 10.6. The van der Waals surface area contributed by atoms with Crippen molar-refractivity contribution >= 4 is 5.97 Å². The molecule has 66 valence electrons. The number of aliphatic hydroxyl groups is 2. The monoisotopic (exact) mass is 162 g/mol. The Morgan fingerprint density at radius 3 is 1.73 bits per heavy atom. The molecule has 0 rings (SSSR count). The number of rotatable bonds is 3. The highest BCUT2D eigenvalue weighted by atomic mass is 16.4. The standard InChI is InChI=1S/C5H8O2.C2H6O2/c1-3-4(2)5(6)7;3-1-2-4/h2-3H2,1H3,(H,6,7);3-4H,1-2H2. The molecule has 3 N–H and O–H groups in total. The lowest BCUT2D eigenvalue weighted by molar-refractivity contribution is -0.132. The second-order valence-corrected chi connectivity index (χ2v) is 1.71. The first-order chi connectivity index (χ1) is 5.09. The molecule has 0 heterocycles. The molecule has 0 aliphatic heterocycles. The molecule has 11 heavy (non-hydrogen) atoms. The van der Waals surface area contributed by atoms with Crippen LogP contribution in [0.5, 0.6) is 0 Å². The van der Waals surface area contributed by atoms with E-state index in [4.69, 9.17) is 15.3 Å². The van der Waals surface area contributed by atoms with Gasteiger partial charge in [-0.25, -0.2) is 4.79 Å². The third kappa shape index (κ3) is 12.4. The second-order valence-electron chi connectivity index (χ2n) is 1.71. The Hall–Kier alpha value is -0.870. The van der Waals surface area contributed by atoms with Crippen LogP contribution in [0.2, 0.25) is 0 Å². The Morgan fingerprint density at radius 1 is 1.36 bits per heavy atom. The van der Waals surface area contributed by atoms with E-state index < -0.39 is 5.97 Å². The van der Waals surface area contributed by atoms with Gasteiger partial charge in [-0.3, -0.25) is 0 Å². The van der Waals surface area contributed by atoms with E-state index in [1.54, 1.807) is 6.92 Å². The van der Waals surface area contributed by atoms with Gasteiger partial charge >= 0.3 is 5.97 Å². The topological polar surface area (TPSA) is 77.8 Å². The molecule has 0 aliphatic rings. The summed E-state index contributed by atoms with van der Waals surface area (Å²) < 4.78 is 0. The van der Waals surface area contributed by atoms with Crippen molar-refractivity contribution in [2.45, 2.75) is 13.3 Å². The van der Waals surface area contributed by atoms with Crippen LogP contribution in [0, 0.1) is 0 Å². The van der Waals surface area contributed by atoms with E-state index in [2.05, 4.69) is 6.58 Å². The van der Waals surface area contributed by atoms with Crippen molar-refractivity contribution in [3.63, 3.8) is 0 Å². The zero-order chi connectivity index (χ0) is 9.28. The normalized spacial score (nSPS) is 7.91. The Bertz CT molecular complexity index is 118. The maximum atomic E-state index is 9.83. The van der Waals surface area contributed by atoms with Crippen molar-refractivity contribution in [1.82, 2.24) is 0 Å². The molecule has 0 saturated heterocycles. The van der Waals surface area contributed by atoms with Gasteiger partial charge in [0, 0.05) is 5.57 Å². The molecule has 0 aromatic carbocycles. The summed E-state index contributed by atoms with van der Waals surface area (Å²) in [5.74, 6) is -0.900. The summed E-state index contributed by atoms with van der Waals surface area (Å²) in [4.78, 5) is 9.83. The number of hydrogen-bond acceptors (Lipinski definition) is 3. The molecule has 0 radical (unpaired) electrons. The Balaban J connectivity index is 0. The number of carboxylic acid groups (broad SMARTS) is 1. The Morgan fingerprint density at radius 2 is 1.73 bits per heavy atom. The summed E-state index contributed by atoms with van der Waals surface area (Å²) in [5.41, 5.74) is 0.264. The van der Waals surface area contributed by atoms with Crippen molar-refractivity contribution in [3.05, 3.63) is 12.2 Å². The molecule has 0 aliphatic carbocycles. The lowest BCUT2D eigenvalue weighted by Gasteiger charge is -1.87. The fourth-order valence-electron chi connectivity index (χ4n) is 0.151. The minimum absolute atomic E-state index is 0.125. The van der Waals surface area contributed by atoms with E-state index >= 15 is 0 Å². The Labute approximate surface area is 65.8 Å². The van der Waals surface area contributed by atoms with Crippen LogP contribution in [0.4, 0.5) is 0 Å². The molecular formula is C7H14O4. The van der Waals surface area contributed by atoms with Crippen molar-refractivity contribution in [1.29, 1.82) is 0 Å². The zero-order valence-corrected chi connectivity index (χ0v) is 6.58. The van der Waals surface area contributed by atoms with Crippen LogP contribution in [0.25, 0.3) is 0 Å². The van der Waals surface area contributed by atoms with E-state index in [9.17, 15) is 4.79 Å². The lowest BCUT2D eigenvalue weighted by Crippen LogP contribution is -1.95. The van der Waals surface area contributed by atoms with Crippen LogP contribution >= 0.6 is 0 Å². The van der Waals surface area contributed by atoms with Crippen molar-refractivity contribution in [2.75, 3.05) is 13.2 Å². The van der Waals surface area contributed by atoms with Gasteiger partial charge in [0.05, 0.1) is 13.2 Å². The number of carboxylic acids is 1. The van der Waals surface area contributed by atoms with E-state index in [0.717, 1.165) is 0 Å². The van der Waals surface area contributed by atoms with Crippen molar-refractivity contribution in [3.8, 4) is 0 Å². The van der Waals surface area contributed by atoms with Gasteiger partial charge in [-0.2, -0.15) is 0 Å². The maximum absolute atomic E-state index is 9.83. The van der Waals surface area contributed by atoms with E-state index in [1.165, 1.54) is 0 Å². The van der Waals surface area contributed by atoms with Gasteiger partial charge in [-0.05, 0) is 6.42 Å². The molecule has 4 heteroatoms. The van der Waals surface area contributed by atoms with Crippen LogP contribution in [0.3, 0.4) is 0 Å². The predicted molar refractivity (Wildman–Crippen MR) is 41.2 cm³/mol. The molecule has 0 aromatic rings. The molecule has 4 nitrogen and oxygen atoms in total. The minimum Gasteiger partial charge on any atom is -0.478 e. The third-order valence-corrected chi connectivity index (χ3v) is 0.829. The van der Waals surface area contributed by atoms with Gasteiger partial charge in [0.1, 0.15) is 0 Å². The largest absolute Gasteiger partial charge is 0.478 e. The molecule has 0 spiro atoms. The molecular weight excluding hydrogens is 148 g/mol. The second kappa shape index (κ2) is 9.13. The average molecular weight is 162 g/mol. The van der Waals surface area contributed by atoms with E-state index in [0.29, 0.717) is 6.42 Å². The highest BCUT2D eigenvalue weighted by Crippen LogP contribution is 1.93. The summed E-state index contributed by atoms with van der Waals surface area (Å²) in [6, 6.07) is 0. The lowest BCUT2D eigenvalue weighted by atomic mass is 10.2. The first-order valence-electron chi connectivity index (χ1n) is 3.22. The SMILES string of the molecule is C=C(CC)C(=O)O.OCCO. The zero-order valence-electron chi connectivity index (χ0n) is 6.58. The van der Waals surface area contributed by atoms with Crippen LogP contribution in [0.15, 0.2) is 12.2 Å². The molecule has 0 amide bonds. The summed E-state index contributed by atoms with van der Waals surface area (Å²) in [7, 11) is 0. The van der Waals surface area contributed by atoms with Crippen molar-refractivity contribution in [2.24, 2.45) is 0 Å². The summed E-state index contributed by atoms with van der Waals surface area (Å²) in [6.45, 7) is 4.78. The summed E-state index contributed by atoms with van der Waals surface area (Å²) in [6.07, 6.45) is 0.523.